The van der Waals surface area contributed by atoms with E-state index in [-0.39, 0.29) is 10.9 Å². The number of amides is 1. The van der Waals surface area contributed by atoms with Gasteiger partial charge in [0.15, 0.2) is 6.04 Å². The number of fused-ring (bicyclic) bond motifs is 1. The van der Waals surface area contributed by atoms with E-state index in [0.29, 0.717) is 6.07 Å². The minimum atomic E-state index is -5.00. The first kappa shape index (κ1) is 19.1. The highest BCUT2D eigenvalue weighted by Crippen LogP contribution is 2.37. The molecule has 1 aromatic carbocycles. The highest BCUT2D eigenvalue weighted by Gasteiger charge is 2.43. The van der Waals surface area contributed by atoms with Gasteiger partial charge in [0, 0.05) is 34.9 Å². The molecular weight excluding hydrogens is 388 g/mol. The van der Waals surface area contributed by atoms with E-state index in [1.807, 2.05) is 4.98 Å². The molecule has 0 aliphatic rings. The molecular formula is C16H10F4N4O4. The third-order valence-corrected chi connectivity index (χ3v) is 3.94. The molecule has 1 amide bonds. The number of halogens is 4. The topological polar surface area (TPSA) is 121 Å². The summed E-state index contributed by atoms with van der Waals surface area (Å²) in [4.78, 5) is 37.7. The van der Waals surface area contributed by atoms with Crippen LogP contribution in [-0.4, -0.2) is 27.0 Å². The normalized spacial score (nSPS) is 12.7. The van der Waals surface area contributed by atoms with Gasteiger partial charge in [0.2, 0.25) is 0 Å². The lowest BCUT2D eigenvalue weighted by atomic mass is 10.0. The van der Waals surface area contributed by atoms with Gasteiger partial charge in [-0.1, -0.05) is 6.07 Å². The average molecular weight is 398 g/mol. The maximum Gasteiger partial charge on any atom is 0.412 e. The number of nitrogens with zero attached hydrogens (tertiary/aromatic N) is 1. The Hall–Kier alpha value is -3.70. The molecule has 146 valence electrons. The average Bonchev–Trinajstić information content (AvgIpc) is 3.03. The number of carbonyl (C=O) groups excluding carboxylic acids is 1. The number of pyridine rings is 1. The number of H-pyrrole nitrogens is 2. The molecule has 28 heavy (non-hydrogen) atoms. The zero-order valence-electron chi connectivity index (χ0n) is 13.6. The summed E-state index contributed by atoms with van der Waals surface area (Å²) >= 11 is 0. The number of nitrogens with one attached hydrogen (secondary N) is 3. The van der Waals surface area contributed by atoms with Gasteiger partial charge in [-0.05, 0) is 12.1 Å². The van der Waals surface area contributed by atoms with Gasteiger partial charge in [-0.25, -0.2) is 4.39 Å². The Morgan fingerprint density at radius 2 is 1.93 bits per heavy atom. The quantitative estimate of drug-likeness (QED) is 0.355. The summed E-state index contributed by atoms with van der Waals surface area (Å²) in [6, 6.07) is 1.59. The van der Waals surface area contributed by atoms with Crippen LogP contribution in [0.25, 0.3) is 10.9 Å². The molecule has 2 heterocycles. The molecule has 3 N–H and O–H groups in total. The number of alkyl halides is 3. The molecule has 1 unspecified atom stereocenters. The Bertz CT molecular complexity index is 1140. The second-order valence-corrected chi connectivity index (χ2v) is 5.71. The standard InChI is InChI=1S/C16H10F4N4O4/c17-9-2-1-3-10-12(9)8(6-21-10)13(16(18,19)20)23-14(25)7-4-11(24(27)28)15(26)22-5-7/h1-6,13,21H,(H,22,26)(H,23,25). The highest BCUT2D eigenvalue weighted by molar-refractivity contribution is 5.95. The van der Waals surface area contributed by atoms with Crippen molar-refractivity contribution in [1.82, 2.24) is 15.3 Å². The summed E-state index contributed by atoms with van der Waals surface area (Å²) in [5.41, 5.74) is -3.16. The zero-order chi connectivity index (χ0) is 20.6. The van der Waals surface area contributed by atoms with Crippen molar-refractivity contribution in [1.29, 1.82) is 0 Å². The fraction of sp³-hybridized carbons (Fsp3) is 0.125. The van der Waals surface area contributed by atoms with Crippen LogP contribution in [0.1, 0.15) is 22.0 Å². The Kier molecular flexibility index (Phi) is 4.63. The Labute approximate surface area is 152 Å². The van der Waals surface area contributed by atoms with Crippen molar-refractivity contribution >= 4 is 22.5 Å². The molecule has 3 rings (SSSR count). The number of aromatic nitrogens is 2. The summed E-state index contributed by atoms with van der Waals surface area (Å²) in [6.45, 7) is 0. The number of hydrogen-bond acceptors (Lipinski definition) is 4. The summed E-state index contributed by atoms with van der Waals surface area (Å²) in [6.07, 6.45) is -3.34. The second kappa shape index (κ2) is 6.79. The first-order valence-corrected chi connectivity index (χ1v) is 7.60. The van der Waals surface area contributed by atoms with Crippen molar-refractivity contribution in [2.45, 2.75) is 12.2 Å². The molecule has 0 aliphatic heterocycles. The van der Waals surface area contributed by atoms with Crippen LogP contribution in [0.3, 0.4) is 0 Å². The highest BCUT2D eigenvalue weighted by atomic mass is 19.4. The van der Waals surface area contributed by atoms with Gasteiger partial charge in [-0.3, -0.25) is 19.7 Å². The number of aromatic amines is 2. The molecule has 0 aliphatic carbocycles. The molecule has 0 radical (unpaired) electrons. The van der Waals surface area contributed by atoms with Crippen molar-refractivity contribution in [2.75, 3.05) is 0 Å². The molecule has 0 fully saturated rings. The molecule has 0 saturated carbocycles. The molecule has 12 heteroatoms. The summed E-state index contributed by atoms with van der Waals surface area (Å²) in [7, 11) is 0. The van der Waals surface area contributed by atoms with E-state index in [2.05, 4.69) is 4.98 Å². The van der Waals surface area contributed by atoms with Crippen molar-refractivity contribution in [3.8, 4) is 0 Å². The fourth-order valence-corrected chi connectivity index (χ4v) is 2.68. The third-order valence-electron chi connectivity index (χ3n) is 3.94. The molecule has 0 saturated heterocycles. The van der Waals surface area contributed by atoms with Crippen LogP contribution in [0.5, 0.6) is 0 Å². The maximum atomic E-state index is 14.1. The molecule has 3 aromatic rings. The van der Waals surface area contributed by atoms with E-state index >= 15 is 0 Å². The first-order valence-electron chi connectivity index (χ1n) is 7.60. The van der Waals surface area contributed by atoms with Crippen LogP contribution in [-0.2, 0) is 0 Å². The second-order valence-electron chi connectivity index (χ2n) is 5.71. The Balaban J connectivity index is 2.03. The van der Waals surface area contributed by atoms with Gasteiger partial charge in [0.05, 0.1) is 10.5 Å². The van der Waals surface area contributed by atoms with Crippen molar-refractivity contribution in [3.05, 3.63) is 74.1 Å². The predicted octanol–water partition coefficient (Wildman–Crippen LogP) is 2.94. The number of nitro groups is 1. The first-order chi connectivity index (χ1) is 13.1. The zero-order valence-corrected chi connectivity index (χ0v) is 13.6. The Morgan fingerprint density at radius 1 is 1.21 bits per heavy atom. The number of hydrogen-bond donors (Lipinski definition) is 3. The van der Waals surface area contributed by atoms with Crippen LogP contribution in [0.2, 0.25) is 0 Å². The number of rotatable bonds is 4. The Morgan fingerprint density at radius 3 is 2.57 bits per heavy atom. The minimum absolute atomic E-state index is 0.0955. The van der Waals surface area contributed by atoms with Crippen molar-refractivity contribution < 1.29 is 27.3 Å². The minimum Gasteiger partial charge on any atom is -0.361 e. The lowest BCUT2D eigenvalue weighted by Gasteiger charge is -2.21. The fourth-order valence-electron chi connectivity index (χ4n) is 2.68. The lowest BCUT2D eigenvalue weighted by molar-refractivity contribution is -0.386. The molecule has 2 aromatic heterocycles. The third kappa shape index (κ3) is 3.43. The molecule has 0 spiro atoms. The monoisotopic (exact) mass is 398 g/mol. The van der Waals surface area contributed by atoms with Crippen LogP contribution in [0.15, 0.2) is 41.5 Å². The van der Waals surface area contributed by atoms with Crippen LogP contribution >= 0.6 is 0 Å². The molecule has 0 bridgehead atoms. The SMILES string of the molecule is O=C(NC(c1c[nH]c2cccc(F)c12)C(F)(F)F)c1c[nH]c(=O)c([N+](=O)[O-])c1. The van der Waals surface area contributed by atoms with Crippen molar-refractivity contribution in [3.63, 3.8) is 0 Å². The smallest absolute Gasteiger partial charge is 0.361 e. The summed E-state index contributed by atoms with van der Waals surface area (Å²) in [5.74, 6) is -2.26. The summed E-state index contributed by atoms with van der Waals surface area (Å²) in [5, 5.41) is 12.1. The predicted molar refractivity (Wildman–Crippen MR) is 88.2 cm³/mol. The molecule has 1 atom stereocenters. The van der Waals surface area contributed by atoms with Crippen LogP contribution in [0, 0.1) is 15.9 Å². The van der Waals surface area contributed by atoms with Gasteiger partial charge in [-0.15, -0.1) is 0 Å². The maximum absolute atomic E-state index is 14.1. The van der Waals surface area contributed by atoms with Gasteiger partial charge < -0.3 is 15.3 Å². The number of benzene rings is 1. The van der Waals surface area contributed by atoms with Crippen LogP contribution in [0.4, 0.5) is 23.2 Å². The van der Waals surface area contributed by atoms with E-state index < -0.39 is 51.2 Å². The lowest BCUT2D eigenvalue weighted by Crippen LogP contribution is -2.38. The van der Waals surface area contributed by atoms with E-state index in [9.17, 15) is 37.3 Å². The van der Waals surface area contributed by atoms with Gasteiger partial charge in [0.1, 0.15) is 5.82 Å². The van der Waals surface area contributed by atoms with E-state index in [1.54, 1.807) is 5.32 Å². The van der Waals surface area contributed by atoms with E-state index in [0.717, 1.165) is 18.5 Å². The van der Waals surface area contributed by atoms with Gasteiger partial charge >= 0.3 is 17.4 Å². The molecule has 8 nitrogen and oxygen atoms in total. The van der Waals surface area contributed by atoms with Gasteiger partial charge in [-0.2, -0.15) is 13.2 Å². The van der Waals surface area contributed by atoms with E-state index in [1.165, 1.54) is 12.1 Å². The van der Waals surface area contributed by atoms with Crippen LogP contribution < -0.4 is 10.9 Å². The van der Waals surface area contributed by atoms with Crippen molar-refractivity contribution in [2.24, 2.45) is 0 Å². The largest absolute Gasteiger partial charge is 0.412 e. The number of carbonyl (C=O) groups is 1. The van der Waals surface area contributed by atoms with E-state index in [4.69, 9.17) is 0 Å². The van der Waals surface area contributed by atoms with Gasteiger partial charge in [0.25, 0.3) is 5.91 Å². The summed E-state index contributed by atoms with van der Waals surface area (Å²) < 4.78 is 54.8.